The second kappa shape index (κ2) is 5.36. The van der Waals surface area contributed by atoms with Gasteiger partial charge in [0.05, 0.1) is 5.56 Å². The lowest BCUT2D eigenvalue weighted by atomic mass is 10.0. The molecule has 21 heavy (non-hydrogen) atoms. The molecular weight excluding hydrogens is 264 g/mol. The molecule has 0 saturated heterocycles. The van der Waals surface area contributed by atoms with Crippen molar-refractivity contribution in [1.82, 2.24) is 20.3 Å². The van der Waals surface area contributed by atoms with Crippen molar-refractivity contribution in [3.05, 3.63) is 48.2 Å². The first-order valence-corrected chi connectivity index (χ1v) is 6.86. The number of nitrogens with one attached hydrogen (secondary N) is 2. The largest absolute Gasteiger partial charge is 0.358 e. The minimum absolute atomic E-state index is 0.0530. The van der Waals surface area contributed by atoms with E-state index in [1.165, 1.54) is 6.33 Å². The first-order chi connectivity index (χ1) is 10.2. The Bertz CT molecular complexity index is 793. The number of hydrogen-bond donors (Lipinski definition) is 2. The summed E-state index contributed by atoms with van der Waals surface area (Å²) in [5, 5.41) is 3.77. The van der Waals surface area contributed by atoms with E-state index in [1.54, 1.807) is 12.4 Å². The van der Waals surface area contributed by atoms with Crippen LogP contribution in [0.15, 0.2) is 36.9 Å². The molecule has 5 heteroatoms. The molecule has 0 saturated carbocycles. The number of carbonyl (C=O) groups is 1. The van der Waals surface area contributed by atoms with Crippen molar-refractivity contribution in [3.8, 4) is 11.1 Å². The van der Waals surface area contributed by atoms with E-state index >= 15 is 0 Å². The van der Waals surface area contributed by atoms with Crippen molar-refractivity contribution in [2.75, 3.05) is 6.54 Å². The number of fused-ring (bicyclic) bond motifs is 1. The lowest BCUT2D eigenvalue weighted by Gasteiger charge is -2.04. The fraction of sp³-hybridized carbons (Fsp3) is 0.188. The number of nitrogens with zero attached hydrogens (tertiary/aromatic N) is 2. The van der Waals surface area contributed by atoms with Crippen molar-refractivity contribution in [2.24, 2.45) is 0 Å². The Balaban J connectivity index is 2.16. The summed E-state index contributed by atoms with van der Waals surface area (Å²) in [6.07, 6.45) is 5.03. The zero-order chi connectivity index (χ0) is 14.8. The molecule has 1 aromatic carbocycles. The first kappa shape index (κ1) is 13.3. The summed E-state index contributed by atoms with van der Waals surface area (Å²) in [5.41, 5.74) is 4.45. The molecule has 5 nitrogen and oxygen atoms in total. The lowest BCUT2D eigenvalue weighted by molar-refractivity contribution is 0.0957. The molecular formula is C16H16N4O. The van der Waals surface area contributed by atoms with E-state index in [1.807, 2.05) is 32.0 Å². The van der Waals surface area contributed by atoms with E-state index in [9.17, 15) is 4.79 Å². The Morgan fingerprint density at radius 1 is 1.24 bits per heavy atom. The summed E-state index contributed by atoms with van der Waals surface area (Å²) in [7, 11) is 0. The quantitative estimate of drug-likeness (QED) is 0.775. The summed E-state index contributed by atoms with van der Waals surface area (Å²) >= 11 is 0. The average Bonchev–Trinajstić information content (AvgIpc) is 2.83. The van der Waals surface area contributed by atoms with Crippen LogP contribution in [-0.2, 0) is 0 Å². The monoisotopic (exact) mass is 280 g/mol. The molecule has 0 spiro atoms. The van der Waals surface area contributed by atoms with E-state index in [-0.39, 0.29) is 5.91 Å². The average molecular weight is 280 g/mol. The van der Waals surface area contributed by atoms with Gasteiger partial charge in [-0.25, -0.2) is 9.97 Å². The van der Waals surface area contributed by atoms with E-state index in [4.69, 9.17) is 0 Å². The summed E-state index contributed by atoms with van der Waals surface area (Å²) in [5.74, 6) is -0.0530. The molecule has 2 N–H and O–H groups in total. The SMILES string of the molecule is CCNC(=O)c1c(C)[nH]c2ccc(-c3cncnc3)cc12. The highest BCUT2D eigenvalue weighted by atomic mass is 16.1. The Morgan fingerprint density at radius 3 is 2.71 bits per heavy atom. The minimum atomic E-state index is -0.0530. The van der Waals surface area contributed by atoms with Gasteiger partial charge in [0.15, 0.2) is 0 Å². The molecule has 0 unspecified atom stereocenters. The molecule has 1 amide bonds. The van der Waals surface area contributed by atoms with Gasteiger partial charge in [-0.1, -0.05) is 6.07 Å². The molecule has 2 heterocycles. The topological polar surface area (TPSA) is 70.7 Å². The summed E-state index contributed by atoms with van der Waals surface area (Å²) in [4.78, 5) is 23.6. The van der Waals surface area contributed by atoms with Crippen LogP contribution in [0.25, 0.3) is 22.0 Å². The Morgan fingerprint density at radius 2 is 2.00 bits per heavy atom. The minimum Gasteiger partial charge on any atom is -0.358 e. The zero-order valence-electron chi connectivity index (χ0n) is 12.0. The van der Waals surface area contributed by atoms with E-state index < -0.39 is 0 Å². The molecule has 3 aromatic rings. The number of amides is 1. The zero-order valence-corrected chi connectivity index (χ0v) is 12.0. The van der Waals surface area contributed by atoms with Gasteiger partial charge in [0.25, 0.3) is 5.91 Å². The number of aromatic nitrogens is 3. The van der Waals surface area contributed by atoms with Gasteiger partial charge in [-0.15, -0.1) is 0 Å². The van der Waals surface area contributed by atoms with Crippen molar-refractivity contribution in [2.45, 2.75) is 13.8 Å². The molecule has 0 bridgehead atoms. The highest BCUT2D eigenvalue weighted by Gasteiger charge is 2.16. The molecule has 3 rings (SSSR count). The van der Waals surface area contributed by atoms with Gasteiger partial charge >= 0.3 is 0 Å². The molecule has 2 aromatic heterocycles. The van der Waals surface area contributed by atoms with Gasteiger partial charge in [-0.05, 0) is 31.5 Å². The maximum atomic E-state index is 12.2. The standard InChI is InChI=1S/C16H16N4O/c1-3-19-16(21)15-10(2)20-14-5-4-11(6-13(14)15)12-7-17-9-18-8-12/h4-9,20H,3H2,1-2H3,(H,19,21). The van der Waals surface area contributed by atoms with Crippen molar-refractivity contribution < 1.29 is 4.79 Å². The van der Waals surface area contributed by atoms with Crippen LogP contribution in [0.5, 0.6) is 0 Å². The third-order valence-electron chi connectivity index (χ3n) is 3.44. The molecule has 0 aliphatic rings. The molecule has 0 fully saturated rings. The van der Waals surface area contributed by atoms with Gasteiger partial charge in [0, 0.05) is 41.1 Å². The molecule has 0 atom stereocenters. The van der Waals surface area contributed by atoms with Crippen LogP contribution in [0.2, 0.25) is 0 Å². The van der Waals surface area contributed by atoms with E-state index in [0.717, 1.165) is 27.7 Å². The van der Waals surface area contributed by atoms with Crippen LogP contribution in [0.4, 0.5) is 0 Å². The molecule has 0 radical (unpaired) electrons. The van der Waals surface area contributed by atoms with Crippen molar-refractivity contribution in [3.63, 3.8) is 0 Å². The number of aryl methyl sites for hydroxylation is 1. The van der Waals surface area contributed by atoms with Crippen molar-refractivity contribution in [1.29, 1.82) is 0 Å². The Kier molecular flexibility index (Phi) is 3.39. The number of aromatic amines is 1. The maximum absolute atomic E-state index is 12.2. The Labute approximate surface area is 122 Å². The van der Waals surface area contributed by atoms with Crippen LogP contribution in [0.3, 0.4) is 0 Å². The van der Waals surface area contributed by atoms with Crippen LogP contribution in [0, 0.1) is 6.92 Å². The predicted molar refractivity (Wildman–Crippen MR) is 82.1 cm³/mol. The van der Waals surface area contributed by atoms with E-state index in [0.29, 0.717) is 12.1 Å². The summed E-state index contributed by atoms with van der Waals surface area (Å²) in [6.45, 7) is 4.43. The second-order valence-electron chi connectivity index (χ2n) is 4.87. The summed E-state index contributed by atoms with van der Waals surface area (Å²) in [6, 6.07) is 5.98. The van der Waals surface area contributed by atoms with Crippen LogP contribution in [-0.4, -0.2) is 27.4 Å². The summed E-state index contributed by atoms with van der Waals surface area (Å²) < 4.78 is 0. The van der Waals surface area contributed by atoms with Gasteiger partial charge in [-0.2, -0.15) is 0 Å². The lowest BCUT2D eigenvalue weighted by Crippen LogP contribution is -2.23. The van der Waals surface area contributed by atoms with Crippen molar-refractivity contribution >= 4 is 16.8 Å². The predicted octanol–water partition coefficient (Wildman–Crippen LogP) is 2.68. The normalized spacial score (nSPS) is 10.8. The van der Waals surface area contributed by atoms with Crippen LogP contribution in [0.1, 0.15) is 23.0 Å². The van der Waals surface area contributed by atoms with Crippen LogP contribution < -0.4 is 5.32 Å². The smallest absolute Gasteiger partial charge is 0.253 e. The first-order valence-electron chi connectivity index (χ1n) is 6.86. The third kappa shape index (κ3) is 2.38. The molecule has 106 valence electrons. The highest BCUT2D eigenvalue weighted by Crippen LogP contribution is 2.27. The highest BCUT2D eigenvalue weighted by molar-refractivity contribution is 6.08. The number of carbonyl (C=O) groups excluding carboxylic acids is 1. The number of benzene rings is 1. The fourth-order valence-corrected chi connectivity index (χ4v) is 2.50. The number of H-pyrrole nitrogens is 1. The Hall–Kier alpha value is -2.69. The fourth-order valence-electron chi connectivity index (χ4n) is 2.50. The van der Waals surface area contributed by atoms with Gasteiger partial charge < -0.3 is 10.3 Å². The maximum Gasteiger partial charge on any atom is 0.253 e. The third-order valence-corrected chi connectivity index (χ3v) is 3.44. The molecule has 0 aliphatic heterocycles. The van der Waals surface area contributed by atoms with Crippen LogP contribution >= 0.6 is 0 Å². The van der Waals surface area contributed by atoms with Gasteiger partial charge in [0.1, 0.15) is 6.33 Å². The van der Waals surface area contributed by atoms with Gasteiger partial charge in [-0.3, -0.25) is 4.79 Å². The van der Waals surface area contributed by atoms with E-state index in [2.05, 4.69) is 20.3 Å². The second-order valence-corrected chi connectivity index (χ2v) is 4.87. The number of hydrogen-bond acceptors (Lipinski definition) is 3. The van der Waals surface area contributed by atoms with Gasteiger partial charge in [0.2, 0.25) is 0 Å². The number of rotatable bonds is 3. The molecule has 0 aliphatic carbocycles.